The van der Waals surface area contributed by atoms with Crippen LogP contribution in [0.2, 0.25) is 0 Å². The molecule has 1 aromatic rings. The Balaban J connectivity index is 3.14. The fourth-order valence-corrected chi connectivity index (χ4v) is 0.706. The van der Waals surface area contributed by atoms with E-state index >= 15 is 0 Å². The maximum absolute atomic E-state index is 10.3. The average molecular weight is 163 g/mol. The van der Waals surface area contributed by atoms with E-state index in [9.17, 15) is 10.1 Å². The van der Waals surface area contributed by atoms with Crippen LogP contribution in [0.3, 0.4) is 0 Å². The Bertz CT molecular complexity index is 341. The summed E-state index contributed by atoms with van der Waals surface area (Å²) >= 11 is 0. The van der Waals surface area contributed by atoms with Gasteiger partial charge in [0.05, 0.1) is 10.8 Å². The molecule has 60 valence electrons. The van der Waals surface area contributed by atoms with E-state index in [0.717, 1.165) is 0 Å². The van der Waals surface area contributed by atoms with Crippen LogP contribution in [-0.4, -0.2) is 15.8 Å². The third kappa shape index (κ3) is 1.53. The summed E-state index contributed by atoms with van der Waals surface area (Å²) in [7, 11) is 0. The van der Waals surface area contributed by atoms with Gasteiger partial charge in [-0.1, -0.05) is 6.07 Å². The summed E-state index contributed by atoms with van der Waals surface area (Å²) in [5.41, 5.74) is -0.270. The molecule has 0 amide bonds. The molecule has 0 fully saturated rings. The second-order valence-electron chi connectivity index (χ2n) is 1.95. The average Bonchev–Trinajstić information content (AvgIpc) is 2.07. The SMILES string of the molecule is N=C=C(c1ccccn1)[N+](=O)[O-]. The number of pyridine rings is 1. The molecule has 5 nitrogen and oxygen atoms in total. The lowest BCUT2D eigenvalue weighted by atomic mass is 10.3. The molecule has 1 N–H and O–H groups in total. The lowest BCUT2D eigenvalue weighted by Crippen LogP contribution is -1.99. The van der Waals surface area contributed by atoms with Gasteiger partial charge in [-0.2, -0.15) is 0 Å². The van der Waals surface area contributed by atoms with Crippen molar-refractivity contribution in [2.24, 2.45) is 0 Å². The predicted octanol–water partition coefficient (Wildman–Crippen LogP) is 0.948. The number of hydrogen-bond acceptors (Lipinski definition) is 4. The first-order valence-corrected chi connectivity index (χ1v) is 3.11. The number of nitrogens with one attached hydrogen (secondary N) is 1. The van der Waals surface area contributed by atoms with Crippen LogP contribution in [0.25, 0.3) is 5.70 Å². The second-order valence-corrected chi connectivity index (χ2v) is 1.95. The van der Waals surface area contributed by atoms with Gasteiger partial charge in [0.1, 0.15) is 0 Å². The summed E-state index contributed by atoms with van der Waals surface area (Å²) < 4.78 is 0. The smallest absolute Gasteiger partial charge is 0.258 e. The van der Waals surface area contributed by atoms with Gasteiger partial charge in [-0.3, -0.25) is 15.5 Å². The van der Waals surface area contributed by atoms with Crippen LogP contribution in [0.15, 0.2) is 24.4 Å². The van der Waals surface area contributed by atoms with Crippen molar-refractivity contribution in [2.75, 3.05) is 0 Å². The molecule has 0 unspecified atom stereocenters. The van der Waals surface area contributed by atoms with E-state index in [1.807, 2.05) is 0 Å². The van der Waals surface area contributed by atoms with E-state index in [1.165, 1.54) is 12.3 Å². The molecule has 0 radical (unpaired) electrons. The third-order valence-electron chi connectivity index (χ3n) is 1.21. The Kier molecular flexibility index (Phi) is 2.30. The first-order valence-electron chi connectivity index (χ1n) is 3.11. The Hall–Kier alpha value is -2.00. The molecule has 0 saturated heterocycles. The van der Waals surface area contributed by atoms with Crippen LogP contribution in [0.5, 0.6) is 0 Å². The van der Waals surface area contributed by atoms with E-state index in [-0.39, 0.29) is 5.69 Å². The van der Waals surface area contributed by atoms with Gasteiger partial charge in [0.2, 0.25) is 0 Å². The molecular formula is C7H5N3O2. The minimum absolute atomic E-state index is 0.150. The number of hydrogen-bond donors (Lipinski definition) is 1. The van der Waals surface area contributed by atoms with Gasteiger partial charge < -0.3 is 0 Å². The lowest BCUT2D eigenvalue weighted by molar-refractivity contribution is -0.373. The molecule has 0 bridgehead atoms. The quantitative estimate of drug-likeness (QED) is 0.400. The highest BCUT2D eigenvalue weighted by molar-refractivity contribution is 5.81. The van der Waals surface area contributed by atoms with E-state index in [2.05, 4.69) is 4.98 Å². The van der Waals surface area contributed by atoms with E-state index in [0.29, 0.717) is 0 Å². The van der Waals surface area contributed by atoms with Crippen molar-refractivity contribution in [2.45, 2.75) is 0 Å². The standard InChI is InChI=1S/C7H5N3O2/c8-5-7(10(11)12)6-3-1-2-4-9-6/h1-4,8H. The van der Waals surface area contributed by atoms with Crippen molar-refractivity contribution in [3.8, 4) is 0 Å². The molecule has 12 heavy (non-hydrogen) atoms. The molecule has 1 heterocycles. The molecule has 0 aliphatic heterocycles. The van der Waals surface area contributed by atoms with E-state index < -0.39 is 10.6 Å². The van der Waals surface area contributed by atoms with Crippen molar-refractivity contribution < 1.29 is 4.92 Å². The number of nitrogens with zero attached hydrogens (tertiary/aromatic N) is 2. The molecule has 0 spiro atoms. The van der Waals surface area contributed by atoms with E-state index in [1.54, 1.807) is 18.0 Å². The fraction of sp³-hybridized carbons (Fsp3) is 0. The first kappa shape index (κ1) is 8.10. The predicted molar refractivity (Wildman–Crippen MR) is 42.4 cm³/mol. The van der Waals surface area contributed by atoms with Crippen molar-refractivity contribution in [1.29, 1.82) is 5.41 Å². The van der Waals surface area contributed by atoms with Gasteiger partial charge in [0, 0.05) is 6.20 Å². The van der Waals surface area contributed by atoms with Gasteiger partial charge in [0.15, 0.2) is 5.69 Å². The maximum Gasteiger partial charge on any atom is 0.355 e. The van der Waals surface area contributed by atoms with Gasteiger partial charge >= 0.3 is 5.70 Å². The molecule has 5 heteroatoms. The Morgan fingerprint density at radius 3 is 2.83 bits per heavy atom. The molecule has 1 rings (SSSR count). The highest BCUT2D eigenvalue weighted by Gasteiger charge is 2.13. The van der Waals surface area contributed by atoms with Crippen molar-refractivity contribution in [3.63, 3.8) is 0 Å². The van der Waals surface area contributed by atoms with Crippen LogP contribution in [0, 0.1) is 15.5 Å². The third-order valence-corrected chi connectivity index (χ3v) is 1.21. The van der Waals surface area contributed by atoms with Crippen molar-refractivity contribution in [1.82, 2.24) is 4.98 Å². The molecule has 0 saturated carbocycles. The van der Waals surface area contributed by atoms with Crippen LogP contribution in [0.1, 0.15) is 5.69 Å². The van der Waals surface area contributed by atoms with Gasteiger partial charge in [-0.25, -0.2) is 4.98 Å². The Morgan fingerprint density at radius 1 is 1.67 bits per heavy atom. The number of aromatic nitrogens is 1. The van der Waals surface area contributed by atoms with Gasteiger partial charge in [0.25, 0.3) is 0 Å². The van der Waals surface area contributed by atoms with Crippen molar-refractivity contribution >= 4 is 11.6 Å². The van der Waals surface area contributed by atoms with E-state index in [4.69, 9.17) is 5.41 Å². The molecule has 0 aromatic carbocycles. The lowest BCUT2D eigenvalue weighted by Gasteiger charge is -1.91. The number of nitro groups is 1. The van der Waals surface area contributed by atoms with Crippen LogP contribution < -0.4 is 0 Å². The second kappa shape index (κ2) is 3.41. The summed E-state index contributed by atoms with van der Waals surface area (Å²) in [6.45, 7) is 0. The van der Waals surface area contributed by atoms with Crippen molar-refractivity contribution in [3.05, 3.63) is 40.2 Å². The molecule has 1 aromatic heterocycles. The first-order chi connectivity index (χ1) is 5.75. The van der Waals surface area contributed by atoms with Crippen LogP contribution >= 0.6 is 0 Å². The van der Waals surface area contributed by atoms with Crippen LogP contribution in [0.4, 0.5) is 0 Å². The zero-order valence-electron chi connectivity index (χ0n) is 6.02. The fourth-order valence-electron chi connectivity index (χ4n) is 0.706. The zero-order valence-corrected chi connectivity index (χ0v) is 6.02. The summed E-state index contributed by atoms with van der Waals surface area (Å²) in [5.74, 6) is 1.72. The van der Waals surface area contributed by atoms with Gasteiger partial charge in [-0.05, 0) is 12.1 Å². The largest absolute Gasteiger partial charge is 0.355 e. The van der Waals surface area contributed by atoms with Gasteiger partial charge in [-0.15, -0.1) is 0 Å². The summed E-state index contributed by atoms with van der Waals surface area (Å²) in [5, 5.41) is 16.9. The minimum atomic E-state index is -0.685. The highest BCUT2D eigenvalue weighted by Crippen LogP contribution is 2.06. The Morgan fingerprint density at radius 2 is 2.42 bits per heavy atom. The Labute approximate surface area is 68.0 Å². The summed E-state index contributed by atoms with van der Waals surface area (Å²) in [6.07, 6.45) is 1.43. The van der Waals surface area contributed by atoms with Crippen LogP contribution in [-0.2, 0) is 0 Å². The molecule has 0 aliphatic carbocycles. The normalized spacial score (nSPS) is 8.67. The summed E-state index contributed by atoms with van der Waals surface area (Å²) in [6, 6.07) is 4.72. The topological polar surface area (TPSA) is 79.9 Å². The molecular weight excluding hydrogens is 158 g/mol. The zero-order chi connectivity index (χ0) is 8.97. The monoisotopic (exact) mass is 163 g/mol. The molecule has 0 aliphatic rings. The minimum Gasteiger partial charge on any atom is -0.258 e. The summed E-state index contributed by atoms with van der Waals surface area (Å²) in [4.78, 5) is 13.3. The molecule has 0 atom stereocenters. The maximum atomic E-state index is 10.3. The number of rotatable bonds is 2. The highest BCUT2D eigenvalue weighted by atomic mass is 16.6.